The van der Waals surface area contributed by atoms with Crippen molar-refractivity contribution in [2.45, 2.75) is 61.4 Å². The summed E-state index contributed by atoms with van der Waals surface area (Å²) >= 11 is 0. The van der Waals surface area contributed by atoms with Gasteiger partial charge in [0.25, 0.3) is 0 Å². The Balaban J connectivity index is 1.20. The van der Waals surface area contributed by atoms with Gasteiger partial charge in [-0.05, 0) is 72.8 Å². The van der Waals surface area contributed by atoms with E-state index in [1.807, 2.05) is 0 Å². The van der Waals surface area contributed by atoms with Crippen molar-refractivity contribution in [2.24, 2.45) is 0 Å². The molecule has 0 aromatic heterocycles. The van der Waals surface area contributed by atoms with Crippen LogP contribution in [0.5, 0.6) is 0 Å². The van der Waals surface area contributed by atoms with Crippen molar-refractivity contribution in [1.29, 1.82) is 0 Å². The second kappa shape index (κ2) is 25.4. The van der Waals surface area contributed by atoms with Gasteiger partial charge in [0, 0.05) is 0 Å². The fourth-order valence-corrected chi connectivity index (χ4v) is 8.06. The number of aliphatic hydroxyl groups is 1. The number of esters is 6. The Morgan fingerprint density at radius 3 is 0.932 bits per heavy atom. The molecule has 2 saturated heterocycles. The number of hydrogen-bond acceptors (Lipinski definition) is 17. The lowest BCUT2D eigenvalue weighted by Gasteiger charge is -2.46. The van der Waals surface area contributed by atoms with E-state index in [2.05, 4.69) is 6.58 Å². The van der Waals surface area contributed by atoms with Crippen LogP contribution in [0.1, 0.15) is 62.1 Å². The van der Waals surface area contributed by atoms with Gasteiger partial charge < -0.3 is 52.5 Å². The van der Waals surface area contributed by atoms with Crippen LogP contribution >= 0.6 is 0 Å². The second-order valence-electron chi connectivity index (χ2n) is 16.6. The third-order valence-corrected chi connectivity index (χ3v) is 11.7. The normalized spacial score (nSPS) is 23.2. The third-order valence-electron chi connectivity index (χ3n) is 11.7. The monoisotopic (exact) mass is 1010 g/mol. The van der Waals surface area contributed by atoms with Gasteiger partial charge in [0.15, 0.2) is 49.2 Å². The Kier molecular flexibility index (Phi) is 17.8. The molecule has 1 N–H and O–H groups in total. The van der Waals surface area contributed by atoms with Gasteiger partial charge in [-0.25, -0.2) is 28.8 Å². The van der Waals surface area contributed by atoms with Crippen LogP contribution in [0, 0.1) is 0 Å². The molecule has 0 saturated carbocycles. The Hall–Kier alpha value is -8.32. The highest BCUT2D eigenvalue weighted by atomic mass is 16.8. The molecule has 74 heavy (non-hydrogen) atoms. The minimum atomic E-state index is -1.80. The fraction of sp³-hybridized carbons (Fsp3) is 0.228. The van der Waals surface area contributed by atoms with E-state index < -0.39 is 110 Å². The van der Waals surface area contributed by atoms with Gasteiger partial charge in [-0.1, -0.05) is 115 Å². The van der Waals surface area contributed by atoms with Crippen LogP contribution in [0.15, 0.2) is 195 Å². The number of carbonyl (C=O) groups is 6. The van der Waals surface area contributed by atoms with Gasteiger partial charge in [-0.15, -0.1) is 6.58 Å². The molecule has 8 rings (SSSR count). The van der Waals surface area contributed by atoms with Crippen molar-refractivity contribution in [3.8, 4) is 0 Å². The van der Waals surface area contributed by atoms with Gasteiger partial charge in [-0.3, -0.25) is 0 Å². The lowest BCUT2D eigenvalue weighted by Crippen LogP contribution is -2.65. The zero-order valence-electron chi connectivity index (χ0n) is 39.5. The highest BCUT2D eigenvalue weighted by molar-refractivity contribution is 5.92. The molecule has 17 heteroatoms. The highest BCUT2D eigenvalue weighted by Gasteiger charge is 2.56. The van der Waals surface area contributed by atoms with Crippen LogP contribution in [-0.4, -0.2) is 122 Å². The molecule has 0 aliphatic carbocycles. The summed E-state index contributed by atoms with van der Waals surface area (Å²) < 4.78 is 61.9. The maximum absolute atomic E-state index is 14.1. The summed E-state index contributed by atoms with van der Waals surface area (Å²) in [6.45, 7) is 1.99. The topological polar surface area (TPSA) is 215 Å². The van der Waals surface area contributed by atoms with Crippen molar-refractivity contribution in [3.63, 3.8) is 0 Å². The lowest BCUT2D eigenvalue weighted by molar-refractivity contribution is -0.327. The predicted molar refractivity (Wildman–Crippen MR) is 260 cm³/mol. The first-order valence-corrected chi connectivity index (χ1v) is 23.4. The number of ether oxygens (including phenoxy) is 10. The molecule has 2 aliphatic heterocycles. The first kappa shape index (κ1) is 52.0. The van der Waals surface area contributed by atoms with Crippen LogP contribution in [0.2, 0.25) is 0 Å². The molecule has 0 radical (unpaired) electrons. The van der Waals surface area contributed by atoms with Crippen LogP contribution in [0.25, 0.3) is 0 Å². The van der Waals surface area contributed by atoms with Crippen molar-refractivity contribution < 1.29 is 81.2 Å². The van der Waals surface area contributed by atoms with Gasteiger partial charge in [0.05, 0.1) is 53.2 Å². The van der Waals surface area contributed by atoms with E-state index in [4.69, 9.17) is 47.4 Å². The number of rotatable bonds is 19. The SMILES string of the molecule is C=CCOC1O[C@H](CO[C@@H]2O[C@H](CO)[C@@H](OC(=O)c3ccccc3)[C@H](OC(=O)c3ccccc3)[C@H]2OC(=O)c2ccccc2)[C@@H](OC(=O)c2ccccc2)[C@H](OC(=O)c2ccccc2)[C@H]1OC(=O)c1ccccc1. The van der Waals surface area contributed by atoms with E-state index in [1.165, 1.54) is 78.9 Å². The van der Waals surface area contributed by atoms with E-state index in [9.17, 15) is 33.9 Å². The lowest BCUT2D eigenvalue weighted by atomic mass is 9.96. The van der Waals surface area contributed by atoms with E-state index in [1.54, 1.807) is 109 Å². The summed E-state index contributed by atoms with van der Waals surface area (Å²) in [6.07, 6.45) is -15.2. The molecule has 0 amide bonds. The first-order chi connectivity index (χ1) is 36.1. The molecule has 6 aromatic rings. The van der Waals surface area contributed by atoms with Gasteiger partial charge in [-0.2, -0.15) is 0 Å². The molecule has 6 aromatic carbocycles. The van der Waals surface area contributed by atoms with Gasteiger partial charge in [0.1, 0.15) is 12.2 Å². The van der Waals surface area contributed by atoms with E-state index in [0.717, 1.165) is 0 Å². The number of hydrogen-bond donors (Lipinski definition) is 1. The van der Waals surface area contributed by atoms with Crippen LogP contribution < -0.4 is 0 Å². The highest BCUT2D eigenvalue weighted by Crippen LogP contribution is 2.35. The average Bonchev–Trinajstić information content (AvgIpc) is 3.45. The minimum absolute atomic E-state index is 0.0615. The van der Waals surface area contributed by atoms with Gasteiger partial charge in [0.2, 0.25) is 0 Å². The van der Waals surface area contributed by atoms with Crippen molar-refractivity contribution in [2.75, 3.05) is 19.8 Å². The van der Waals surface area contributed by atoms with Crippen LogP contribution in [0.4, 0.5) is 0 Å². The van der Waals surface area contributed by atoms with Crippen LogP contribution in [-0.2, 0) is 47.4 Å². The quantitative estimate of drug-likeness (QED) is 0.0491. The maximum Gasteiger partial charge on any atom is 0.338 e. The summed E-state index contributed by atoms with van der Waals surface area (Å²) in [5.41, 5.74) is 0.515. The average molecular weight is 1010 g/mol. The Labute approximate surface area is 425 Å². The molecule has 0 spiro atoms. The van der Waals surface area contributed by atoms with Crippen molar-refractivity contribution in [3.05, 3.63) is 228 Å². The first-order valence-electron chi connectivity index (χ1n) is 23.4. The number of benzene rings is 6. The summed E-state index contributed by atoms with van der Waals surface area (Å²) in [4.78, 5) is 84.0. The third kappa shape index (κ3) is 13.0. The zero-order chi connectivity index (χ0) is 51.8. The molecular formula is C57H50O17. The Bertz CT molecular complexity index is 2820. The maximum atomic E-state index is 14.1. The minimum Gasteiger partial charge on any atom is -0.452 e. The molecular weight excluding hydrogens is 957 g/mol. The smallest absolute Gasteiger partial charge is 0.338 e. The molecule has 2 heterocycles. The molecule has 0 bridgehead atoms. The Morgan fingerprint density at radius 1 is 0.378 bits per heavy atom. The van der Waals surface area contributed by atoms with Crippen LogP contribution in [0.3, 0.4) is 0 Å². The van der Waals surface area contributed by atoms with E-state index in [-0.39, 0.29) is 40.0 Å². The van der Waals surface area contributed by atoms with E-state index in [0.29, 0.717) is 0 Å². The van der Waals surface area contributed by atoms with Crippen molar-refractivity contribution >= 4 is 35.8 Å². The molecule has 2 fully saturated rings. The Morgan fingerprint density at radius 2 is 0.635 bits per heavy atom. The zero-order valence-corrected chi connectivity index (χ0v) is 39.5. The molecule has 1 unspecified atom stereocenters. The largest absolute Gasteiger partial charge is 0.452 e. The second-order valence-corrected chi connectivity index (χ2v) is 16.6. The molecule has 17 nitrogen and oxygen atoms in total. The summed E-state index contributed by atoms with van der Waals surface area (Å²) in [5.74, 6) is -5.46. The van der Waals surface area contributed by atoms with Gasteiger partial charge >= 0.3 is 35.8 Å². The summed E-state index contributed by atoms with van der Waals surface area (Å²) in [6, 6.07) is 47.2. The summed E-state index contributed by atoms with van der Waals surface area (Å²) in [7, 11) is 0. The van der Waals surface area contributed by atoms with E-state index >= 15 is 0 Å². The molecule has 10 atom stereocenters. The summed E-state index contributed by atoms with van der Waals surface area (Å²) in [5, 5.41) is 10.9. The number of aliphatic hydroxyl groups excluding tert-OH is 1. The molecule has 2 aliphatic rings. The predicted octanol–water partition coefficient (Wildman–Crippen LogP) is 7.00. The van der Waals surface area contributed by atoms with Crippen molar-refractivity contribution in [1.82, 2.24) is 0 Å². The fourth-order valence-electron chi connectivity index (χ4n) is 8.06. The number of carbonyl (C=O) groups excluding carboxylic acids is 6. The standard InChI is InChI=1S/C57H50O17/c1-2-33-65-56-48(73-54(63)40-29-17-7-18-30-40)47(72-53(62)39-27-15-6-16-28-39)45(70-51(60)37-23-11-4-12-24-37)43(68-56)35-66-57-49(74-55(64)41-31-19-8-20-32-41)46(71-52(61)38-25-13-5-14-26-38)44(42(34-58)67-57)69-50(59)36-21-9-3-10-22-36/h2-32,42-49,56-58H,1,33-35H2/t42-,43-,44-,45-,46+,47+,48-,49-,56?,57-/m1/s1. The molecule has 380 valence electrons.